The molecule has 1 atom stereocenters. The molecule has 0 radical (unpaired) electrons. The predicted molar refractivity (Wildman–Crippen MR) is 72.8 cm³/mol. The second kappa shape index (κ2) is 6.27. The van der Waals surface area contributed by atoms with Gasteiger partial charge in [-0.25, -0.2) is 8.78 Å². The van der Waals surface area contributed by atoms with Crippen LogP contribution in [0.2, 0.25) is 0 Å². The first kappa shape index (κ1) is 14.2. The van der Waals surface area contributed by atoms with E-state index in [0.29, 0.717) is 17.7 Å². The second-order valence-electron chi connectivity index (χ2n) is 4.58. The highest BCUT2D eigenvalue weighted by atomic mass is 19.1. The summed E-state index contributed by atoms with van der Waals surface area (Å²) in [6.07, 6.45) is 0. The fourth-order valence-electron chi connectivity index (χ4n) is 1.92. The van der Waals surface area contributed by atoms with Crippen LogP contribution in [0.4, 0.5) is 8.78 Å². The molecule has 2 aromatic carbocycles. The van der Waals surface area contributed by atoms with Gasteiger partial charge in [-0.1, -0.05) is 18.2 Å². The molecule has 1 unspecified atom stereocenters. The first-order chi connectivity index (χ1) is 9.60. The molecule has 20 heavy (non-hydrogen) atoms. The molecule has 0 saturated carbocycles. The predicted octanol–water partition coefficient (Wildman–Crippen LogP) is 3.69. The van der Waals surface area contributed by atoms with Crippen molar-refractivity contribution in [3.8, 4) is 6.07 Å². The van der Waals surface area contributed by atoms with Crippen LogP contribution in [-0.2, 0) is 6.54 Å². The number of nitrogens with one attached hydrogen (secondary N) is 1. The van der Waals surface area contributed by atoms with E-state index < -0.39 is 11.6 Å². The molecule has 0 amide bonds. The van der Waals surface area contributed by atoms with Crippen molar-refractivity contribution in [2.45, 2.75) is 19.5 Å². The van der Waals surface area contributed by atoms with Gasteiger partial charge in [-0.3, -0.25) is 0 Å². The monoisotopic (exact) mass is 272 g/mol. The van der Waals surface area contributed by atoms with Crippen LogP contribution in [0.15, 0.2) is 42.5 Å². The Labute approximate surface area is 116 Å². The molecule has 0 aliphatic carbocycles. The molecule has 2 rings (SSSR count). The SMILES string of the molecule is CC(NCc1ccc(F)cc1F)c1cccc(C#N)c1. The summed E-state index contributed by atoms with van der Waals surface area (Å²) in [6.45, 7) is 2.22. The normalized spacial score (nSPS) is 11.9. The van der Waals surface area contributed by atoms with E-state index in [4.69, 9.17) is 5.26 Å². The van der Waals surface area contributed by atoms with Crippen LogP contribution in [0, 0.1) is 23.0 Å². The third-order valence-corrected chi connectivity index (χ3v) is 3.13. The molecule has 0 aromatic heterocycles. The quantitative estimate of drug-likeness (QED) is 0.921. The van der Waals surface area contributed by atoms with Crippen LogP contribution in [-0.4, -0.2) is 0 Å². The van der Waals surface area contributed by atoms with Crippen molar-refractivity contribution in [3.63, 3.8) is 0 Å². The minimum absolute atomic E-state index is 0.0345. The van der Waals surface area contributed by atoms with E-state index in [1.165, 1.54) is 12.1 Å². The van der Waals surface area contributed by atoms with Gasteiger partial charge in [0.1, 0.15) is 11.6 Å². The third kappa shape index (κ3) is 3.40. The summed E-state index contributed by atoms with van der Waals surface area (Å²) >= 11 is 0. The number of halogens is 2. The van der Waals surface area contributed by atoms with Crippen molar-refractivity contribution in [3.05, 3.63) is 70.8 Å². The fourth-order valence-corrected chi connectivity index (χ4v) is 1.92. The molecule has 4 heteroatoms. The summed E-state index contributed by atoms with van der Waals surface area (Å²) in [5.41, 5.74) is 1.95. The number of benzene rings is 2. The highest BCUT2D eigenvalue weighted by Crippen LogP contribution is 2.16. The topological polar surface area (TPSA) is 35.8 Å². The second-order valence-corrected chi connectivity index (χ2v) is 4.58. The van der Waals surface area contributed by atoms with Gasteiger partial charge in [0.25, 0.3) is 0 Å². The minimum atomic E-state index is -0.582. The maximum Gasteiger partial charge on any atom is 0.130 e. The minimum Gasteiger partial charge on any atom is -0.306 e. The highest BCUT2D eigenvalue weighted by molar-refractivity contribution is 5.34. The molecule has 0 aliphatic heterocycles. The standard InChI is InChI=1S/C16H14F2N2/c1-11(13-4-2-3-12(7-13)9-19)20-10-14-5-6-15(17)8-16(14)18/h2-8,11,20H,10H2,1H3. The Balaban J connectivity index is 2.04. The largest absolute Gasteiger partial charge is 0.306 e. The zero-order chi connectivity index (χ0) is 14.5. The van der Waals surface area contributed by atoms with E-state index in [1.54, 1.807) is 12.1 Å². The van der Waals surface area contributed by atoms with Crippen LogP contribution in [0.25, 0.3) is 0 Å². The van der Waals surface area contributed by atoms with Crippen molar-refractivity contribution in [2.24, 2.45) is 0 Å². The van der Waals surface area contributed by atoms with E-state index in [2.05, 4.69) is 11.4 Å². The van der Waals surface area contributed by atoms with Crippen LogP contribution in [0.3, 0.4) is 0 Å². The van der Waals surface area contributed by atoms with E-state index in [1.807, 2.05) is 19.1 Å². The van der Waals surface area contributed by atoms with Crippen molar-refractivity contribution >= 4 is 0 Å². The molecule has 0 heterocycles. The van der Waals surface area contributed by atoms with Gasteiger partial charge in [0, 0.05) is 24.2 Å². The molecule has 102 valence electrons. The first-order valence-electron chi connectivity index (χ1n) is 6.27. The summed E-state index contributed by atoms with van der Waals surface area (Å²) < 4.78 is 26.3. The lowest BCUT2D eigenvalue weighted by atomic mass is 10.1. The maximum atomic E-state index is 13.5. The Bertz CT molecular complexity index is 647. The zero-order valence-corrected chi connectivity index (χ0v) is 11.0. The van der Waals surface area contributed by atoms with Gasteiger partial charge in [0.2, 0.25) is 0 Å². The molecule has 0 spiro atoms. The highest BCUT2D eigenvalue weighted by Gasteiger charge is 2.08. The lowest BCUT2D eigenvalue weighted by Crippen LogP contribution is -2.19. The number of hydrogen-bond acceptors (Lipinski definition) is 2. The Morgan fingerprint density at radius 2 is 2.00 bits per heavy atom. The fraction of sp³-hybridized carbons (Fsp3) is 0.188. The first-order valence-corrected chi connectivity index (χ1v) is 6.27. The summed E-state index contributed by atoms with van der Waals surface area (Å²) in [5, 5.41) is 12.0. The van der Waals surface area contributed by atoms with Gasteiger partial charge >= 0.3 is 0 Å². The lowest BCUT2D eigenvalue weighted by Gasteiger charge is -2.15. The molecular formula is C16H14F2N2. The Kier molecular flexibility index (Phi) is 4.44. The lowest BCUT2D eigenvalue weighted by molar-refractivity contribution is 0.533. The van der Waals surface area contributed by atoms with Gasteiger partial charge < -0.3 is 5.32 Å². The molecule has 0 aliphatic rings. The average Bonchev–Trinajstić information content (AvgIpc) is 2.46. The van der Waals surface area contributed by atoms with Crippen molar-refractivity contribution in [2.75, 3.05) is 0 Å². The molecule has 0 bridgehead atoms. The van der Waals surface area contributed by atoms with Gasteiger partial charge in [-0.05, 0) is 30.7 Å². The molecule has 2 aromatic rings. The van der Waals surface area contributed by atoms with Crippen molar-refractivity contribution < 1.29 is 8.78 Å². The number of nitriles is 1. The van der Waals surface area contributed by atoms with Crippen LogP contribution >= 0.6 is 0 Å². The van der Waals surface area contributed by atoms with E-state index >= 15 is 0 Å². The molecular weight excluding hydrogens is 258 g/mol. The molecule has 1 N–H and O–H groups in total. The number of nitrogens with zero attached hydrogens (tertiary/aromatic N) is 1. The van der Waals surface area contributed by atoms with Gasteiger partial charge in [0.15, 0.2) is 0 Å². The van der Waals surface area contributed by atoms with Crippen LogP contribution in [0.5, 0.6) is 0 Å². The maximum absolute atomic E-state index is 13.5. The van der Waals surface area contributed by atoms with E-state index in [-0.39, 0.29) is 6.04 Å². The smallest absolute Gasteiger partial charge is 0.130 e. The summed E-state index contributed by atoms with van der Waals surface area (Å²) in [6, 6.07) is 12.8. The van der Waals surface area contributed by atoms with Crippen LogP contribution in [0.1, 0.15) is 29.7 Å². The molecule has 2 nitrogen and oxygen atoms in total. The summed E-state index contributed by atoms with van der Waals surface area (Å²) in [4.78, 5) is 0. The van der Waals surface area contributed by atoms with E-state index in [0.717, 1.165) is 11.6 Å². The van der Waals surface area contributed by atoms with E-state index in [9.17, 15) is 8.78 Å². The Morgan fingerprint density at radius 1 is 1.20 bits per heavy atom. The van der Waals surface area contributed by atoms with Gasteiger partial charge in [0.05, 0.1) is 11.6 Å². The number of rotatable bonds is 4. The van der Waals surface area contributed by atoms with Crippen molar-refractivity contribution in [1.29, 1.82) is 5.26 Å². The summed E-state index contributed by atoms with van der Waals surface area (Å²) in [7, 11) is 0. The average molecular weight is 272 g/mol. The molecule has 0 saturated heterocycles. The van der Waals surface area contributed by atoms with Crippen LogP contribution < -0.4 is 5.32 Å². The van der Waals surface area contributed by atoms with Gasteiger partial charge in [-0.2, -0.15) is 5.26 Å². The Morgan fingerprint density at radius 3 is 2.70 bits per heavy atom. The molecule has 0 fully saturated rings. The Hall–Kier alpha value is -2.25. The zero-order valence-electron chi connectivity index (χ0n) is 11.0. The van der Waals surface area contributed by atoms with Crippen molar-refractivity contribution in [1.82, 2.24) is 5.32 Å². The van der Waals surface area contributed by atoms with Gasteiger partial charge in [-0.15, -0.1) is 0 Å². The summed E-state index contributed by atoms with van der Waals surface area (Å²) in [5.74, 6) is -1.14. The third-order valence-electron chi connectivity index (χ3n) is 3.13. The number of hydrogen-bond donors (Lipinski definition) is 1.